The Morgan fingerprint density at radius 2 is 1.81 bits per heavy atom. The van der Waals surface area contributed by atoms with Gasteiger partial charge in [-0.25, -0.2) is 4.98 Å². The summed E-state index contributed by atoms with van der Waals surface area (Å²) in [6.07, 6.45) is 1.34. The molecule has 0 fully saturated rings. The van der Waals surface area contributed by atoms with Gasteiger partial charge in [-0.1, -0.05) is 46.7 Å². The largest absolute Gasteiger partial charge is 0.308 e. The number of benzene rings is 2. The van der Waals surface area contributed by atoms with Gasteiger partial charge in [-0.2, -0.15) is 0 Å². The molecule has 0 saturated heterocycles. The van der Waals surface area contributed by atoms with Crippen LogP contribution in [-0.4, -0.2) is 48.7 Å². The molecule has 4 nitrogen and oxygen atoms in total. The van der Waals surface area contributed by atoms with Crippen molar-refractivity contribution < 1.29 is 4.79 Å². The highest BCUT2D eigenvalue weighted by Gasteiger charge is 2.21. The number of nitrogens with zero attached hydrogens (tertiary/aromatic N) is 3. The van der Waals surface area contributed by atoms with Crippen molar-refractivity contribution in [3.8, 4) is 0 Å². The molecule has 8 heteroatoms. The molecule has 0 aliphatic carbocycles. The lowest BCUT2D eigenvalue weighted by Crippen LogP contribution is -2.36. The van der Waals surface area contributed by atoms with E-state index in [0.29, 0.717) is 18.0 Å². The highest BCUT2D eigenvalue weighted by molar-refractivity contribution is 7.99. The van der Waals surface area contributed by atoms with Crippen molar-refractivity contribution in [1.29, 1.82) is 0 Å². The van der Waals surface area contributed by atoms with Crippen LogP contribution in [0.25, 0.3) is 10.2 Å². The molecule has 1 aromatic heterocycles. The molecule has 1 amide bonds. The number of carbonyl (C=O) groups is 1. The maximum absolute atomic E-state index is 13.1. The highest BCUT2D eigenvalue weighted by Crippen LogP contribution is 2.36. The van der Waals surface area contributed by atoms with Gasteiger partial charge in [0.25, 0.3) is 0 Å². The molecular formula is C23H29Cl2N3OS2. The third kappa shape index (κ3) is 7.09. The molecule has 0 bridgehead atoms. The van der Waals surface area contributed by atoms with E-state index >= 15 is 0 Å². The summed E-state index contributed by atoms with van der Waals surface area (Å²) < 4.78 is 0.948. The standard InChI is InChI=1S/C23H28ClN3OS2.ClH/c1-16-7-10-18(11-8-16)29-15-5-6-20(28)27(14-13-26(3)4)23-25-21-17(2)9-12-19(24)22(21)30-23;/h7-12H,5-6,13-15H2,1-4H3;1H. The number of hydrogen-bond donors (Lipinski definition) is 0. The molecule has 0 aliphatic heterocycles. The summed E-state index contributed by atoms with van der Waals surface area (Å²) in [4.78, 5) is 23.0. The van der Waals surface area contributed by atoms with Crippen LogP contribution >= 0.6 is 47.1 Å². The van der Waals surface area contributed by atoms with Gasteiger partial charge in [0, 0.05) is 24.4 Å². The van der Waals surface area contributed by atoms with Crippen LogP contribution in [0.3, 0.4) is 0 Å². The number of thioether (sulfide) groups is 1. The maximum atomic E-state index is 13.1. The average molecular weight is 499 g/mol. The Balaban J connectivity index is 0.00000341. The molecule has 0 spiro atoms. The number of rotatable bonds is 9. The van der Waals surface area contributed by atoms with Crippen molar-refractivity contribution in [3.05, 3.63) is 52.5 Å². The number of likely N-dealkylation sites (N-methyl/N-ethyl adjacent to an activating group) is 1. The summed E-state index contributed by atoms with van der Waals surface area (Å²) >= 11 is 9.68. The van der Waals surface area contributed by atoms with E-state index in [4.69, 9.17) is 16.6 Å². The number of carbonyl (C=O) groups excluding carboxylic acids is 1. The van der Waals surface area contributed by atoms with Gasteiger partial charge in [0.05, 0.1) is 15.2 Å². The number of anilines is 1. The third-order valence-corrected chi connectivity index (χ3v) is 7.45. The molecule has 168 valence electrons. The molecule has 3 aromatic rings. The lowest BCUT2D eigenvalue weighted by atomic mass is 10.2. The molecule has 0 N–H and O–H groups in total. The summed E-state index contributed by atoms with van der Waals surface area (Å²) in [6.45, 7) is 5.52. The van der Waals surface area contributed by atoms with Crippen molar-refractivity contribution >= 4 is 68.4 Å². The zero-order valence-electron chi connectivity index (χ0n) is 18.4. The number of aromatic nitrogens is 1. The Labute approximate surface area is 204 Å². The first-order chi connectivity index (χ1) is 14.3. The Bertz CT molecular complexity index is 967. The van der Waals surface area contributed by atoms with Crippen molar-refractivity contribution in [2.45, 2.75) is 31.6 Å². The quantitative estimate of drug-likeness (QED) is 0.251. The van der Waals surface area contributed by atoms with Crippen LogP contribution in [0.5, 0.6) is 0 Å². The van der Waals surface area contributed by atoms with Crippen molar-refractivity contribution in [2.75, 3.05) is 37.8 Å². The van der Waals surface area contributed by atoms with Gasteiger partial charge in [0.15, 0.2) is 5.13 Å². The minimum atomic E-state index is 0. The normalized spacial score (nSPS) is 11.0. The third-order valence-electron chi connectivity index (χ3n) is 4.81. The average Bonchev–Trinajstić information content (AvgIpc) is 3.16. The summed E-state index contributed by atoms with van der Waals surface area (Å²) in [7, 11) is 4.03. The molecule has 0 aliphatic rings. The zero-order valence-corrected chi connectivity index (χ0v) is 21.6. The fraction of sp³-hybridized carbons (Fsp3) is 0.391. The van der Waals surface area contributed by atoms with E-state index in [0.717, 1.165) is 39.6 Å². The Kier molecular flexibility index (Phi) is 10.1. The second-order valence-electron chi connectivity index (χ2n) is 7.65. The van der Waals surface area contributed by atoms with E-state index in [9.17, 15) is 4.79 Å². The van der Waals surface area contributed by atoms with Crippen LogP contribution in [-0.2, 0) is 4.79 Å². The van der Waals surface area contributed by atoms with Gasteiger partial charge in [0.1, 0.15) is 0 Å². The first kappa shape index (κ1) is 25.9. The number of halogens is 2. The predicted octanol–water partition coefficient (Wildman–Crippen LogP) is 6.46. The van der Waals surface area contributed by atoms with Gasteiger partial charge in [-0.3, -0.25) is 9.69 Å². The van der Waals surface area contributed by atoms with Crippen molar-refractivity contribution in [3.63, 3.8) is 0 Å². The number of fused-ring (bicyclic) bond motifs is 1. The van der Waals surface area contributed by atoms with E-state index in [1.54, 1.807) is 11.8 Å². The number of hydrogen-bond acceptors (Lipinski definition) is 5. The fourth-order valence-electron chi connectivity index (χ4n) is 3.02. The molecular weight excluding hydrogens is 469 g/mol. The first-order valence-electron chi connectivity index (χ1n) is 10.1. The molecule has 2 aromatic carbocycles. The van der Waals surface area contributed by atoms with Crippen LogP contribution < -0.4 is 4.90 Å². The first-order valence-corrected chi connectivity index (χ1v) is 12.2. The van der Waals surface area contributed by atoms with Gasteiger partial charge in [0.2, 0.25) is 5.91 Å². The van der Waals surface area contributed by atoms with Crippen LogP contribution in [0, 0.1) is 13.8 Å². The van der Waals surface area contributed by atoms with E-state index in [1.165, 1.54) is 21.8 Å². The Hall–Kier alpha value is -1.31. The van der Waals surface area contributed by atoms with E-state index in [-0.39, 0.29) is 18.3 Å². The molecule has 0 radical (unpaired) electrons. The van der Waals surface area contributed by atoms with Gasteiger partial charge in [-0.15, -0.1) is 24.2 Å². The predicted molar refractivity (Wildman–Crippen MR) is 139 cm³/mol. The number of thiazole rings is 1. The lowest BCUT2D eigenvalue weighted by molar-refractivity contribution is -0.118. The Morgan fingerprint density at radius 1 is 1.10 bits per heavy atom. The van der Waals surface area contributed by atoms with Gasteiger partial charge >= 0.3 is 0 Å². The molecule has 0 unspecified atom stereocenters. The molecule has 31 heavy (non-hydrogen) atoms. The summed E-state index contributed by atoms with van der Waals surface area (Å²) in [6, 6.07) is 12.4. The van der Waals surface area contributed by atoms with E-state index in [1.807, 2.05) is 38.1 Å². The van der Waals surface area contributed by atoms with Crippen LogP contribution in [0.2, 0.25) is 5.02 Å². The van der Waals surface area contributed by atoms with Crippen LogP contribution in [0.1, 0.15) is 24.0 Å². The Morgan fingerprint density at radius 3 is 2.45 bits per heavy atom. The molecule has 1 heterocycles. The van der Waals surface area contributed by atoms with E-state index < -0.39 is 0 Å². The molecule has 3 rings (SSSR count). The second kappa shape index (κ2) is 12.1. The highest BCUT2D eigenvalue weighted by atomic mass is 35.5. The number of aryl methyl sites for hydroxylation is 2. The number of amides is 1. The fourth-order valence-corrected chi connectivity index (χ4v) is 5.23. The van der Waals surface area contributed by atoms with Crippen molar-refractivity contribution in [1.82, 2.24) is 9.88 Å². The summed E-state index contributed by atoms with van der Waals surface area (Å²) in [5.74, 6) is 1.04. The zero-order chi connectivity index (χ0) is 21.7. The van der Waals surface area contributed by atoms with Crippen LogP contribution in [0.4, 0.5) is 5.13 Å². The second-order valence-corrected chi connectivity index (χ2v) is 10.2. The van der Waals surface area contributed by atoms with Crippen LogP contribution in [0.15, 0.2) is 41.3 Å². The lowest BCUT2D eigenvalue weighted by Gasteiger charge is -2.22. The summed E-state index contributed by atoms with van der Waals surface area (Å²) in [5, 5.41) is 1.42. The summed E-state index contributed by atoms with van der Waals surface area (Å²) in [5.41, 5.74) is 3.23. The van der Waals surface area contributed by atoms with Gasteiger partial charge in [-0.05, 0) is 63.9 Å². The topological polar surface area (TPSA) is 36.4 Å². The molecule has 0 atom stereocenters. The molecule has 0 saturated carbocycles. The smallest absolute Gasteiger partial charge is 0.228 e. The minimum absolute atomic E-state index is 0. The maximum Gasteiger partial charge on any atom is 0.228 e. The van der Waals surface area contributed by atoms with Crippen molar-refractivity contribution in [2.24, 2.45) is 0 Å². The monoisotopic (exact) mass is 497 g/mol. The SMILES string of the molecule is Cc1ccc(SCCCC(=O)N(CCN(C)C)c2nc3c(C)ccc(Cl)c3s2)cc1.Cl. The minimum Gasteiger partial charge on any atom is -0.308 e. The van der Waals surface area contributed by atoms with E-state index in [2.05, 4.69) is 36.1 Å². The van der Waals surface area contributed by atoms with Gasteiger partial charge < -0.3 is 4.90 Å².